The summed E-state index contributed by atoms with van der Waals surface area (Å²) in [7, 11) is 0. The molecule has 0 bridgehead atoms. The smallest absolute Gasteiger partial charge is 0.306 e. The molecule has 0 aliphatic carbocycles. The molecule has 0 rings (SSSR count). The lowest BCUT2D eigenvalue weighted by molar-refractivity contribution is -0.161. The van der Waals surface area contributed by atoms with Crippen LogP contribution >= 0.6 is 0 Å². The molecule has 0 amide bonds. The Balaban J connectivity index is 3.61. The Morgan fingerprint density at radius 3 is 0.903 bits per heavy atom. The number of esters is 2. The maximum atomic E-state index is 12.3. The molecule has 0 spiro atoms. The van der Waals surface area contributed by atoms with Gasteiger partial charge in [0.05, 0.1) is 6.61 Å². The van der Waals surface area contributed by atoms with Crippen LogP contribution in [0.1, 0.15) is 271 Å². The van der Waals surface area contributed by atoms with E-state index in [1.165, 1.54) is 128 Å². The van der Waals surface area contributed by atoms with E-state index in [-0.39, 0.29) is 25.2 Å². The van der Waals surface area contributed by atoms with E-state index in [1.807, 2.05) is 0 Å². The van der Waals surface area contributed by atoms with Crippen LogP contribution in [0.4, 0.5) is 0 Å². The van der Waals surface area contributed by atoms with Gasteiger partial charge in [0.1, 0.15) is 6.61 Å². The van der Waals surface area contributed by atoms with Gasteiger partial charge in [-0.1, -0.05) is 289 Å². The van der Waals surface area contributed by atoms with Crippen LogP contribution in [-0.4, -0.2) is 36.4 Å². The zero-order valence-electron chi connectivity index (χ0n) is 46.9. The number of hydrogen-bond acceptors (Lipinski definition) is 5. The van der Waals surface area contributed by atoms with Crippen molar-refractivity contribution < 1.29 is 24.2 Å². The van der Waals surface area contributed by atoms with E-state index < -0.39 is 6.10 Å². The third-order valence-electron chi connectivity index (χ3n) is 12.8. The molecular formula is C67H112O5. The highest BCUT2D eigenvalue weighted by atomic mass is 16.6. The Morgan fingerprint density at radius 1 is 0.333 bits per heavy atom. The van der Waals surface area contributed by atoms with Crippen molar-refractivity contribution in [1.29, 1.82) is 0 Å². The zero-order chi connectivity index (χ0) is 52.0. The number of unbranched alkanes of at least 4 members (excludes halogenated alkanes) is 26. The van der Waals surface area contributed by atoms with Crippen LogP contribution in [-0.2, 0) is 19.1 Å². The van der Waals surface area contributed by atoms with Gasteiger partial charge in [0.15, 0.2) is 6.10 Å². The number of allylic oxidation sites excluding steroid dienone is 20. The number of ether oxygens (including phenoxy) is 2. The molecule has 1 atom stereocenters. The van der Waals surface area contributed by atoms with Crippen molar-refractivity contribution in [3.8, 4) is 0 Å². The number of aliphatic hydroxyl groups excluding tert-OH is 1. The molecule has 0 aliphatic heterocycles. The van der Waals surface area contributed by atoms with Gasteiger partial charge in [-0.05, 0) is 89.9 Å². The second-order valence-corrected chi connectivity index (χ2v) is 19.7. The SMILES string of the molecule is CC/C=C\C/C=C\C/C=C\C/C=C\C/C=C\C/C=C\C/C=C\C/C=C\C/C=C\C/C=C\CCCCCCC(=O)OC(CO)COC(=O)CCCCCCCCCCCCCCCCCCCCCCCCC. The van der Waals surface area contributed by atoms with E-state index in [1.54, 1.807) is 0 Å². The summed E-state index contributed by atoms with van der Waals surface area (Å²) in [4.78, 5) is 24.5. The van der Waals surface area contributed by atoms with E-state index >= 15 is 0 Å². The van der Waals surface area contributed by atoms with Crippen LogP contribution in [0.15, 0.2) is 122 Å². The fraction of sp³-hybridized carbons (Fsp3) is 0.672. The number of aliphatic hydroxyl groups is 1. The average Bonchev–Trinajstić information content (AvgIpc) is 3.38. The molecular weight excluding hydrogens is 885 g/mol. The van der Waals surface area contributed by atoms with Crippen molar-refractivity contribution in [3.05, 3.63) is 122 Å². The molecule has 410 valence electrons. The van der Waals surface area contributed by atoms with Crippen LogP contribution in [0.3, 0.4) is 0 Å². The molecule has 0 aromatic carbocycles. The van der Waals surface area contributed by atoms with Gasteiger partial charge in [-0.25, -0.2) is 0 Å². The lowest BCUT2D eigenvalue weighted by Crippen LogP contribution is -2.28. The first-order valence-electron chi connectivity index (χ1n) is 30.1. The van der Waals surface area contributed by atoms with Crippen molar-refractivity contribution in [2.45, 2.75) is 277 Å². The predicted molar refractivity (Wildman–Crippen MR) is 315 cm³/mol. The monoisotopic (exact) mass is 997 g/mol. The van der Waals surface area contributed by atoms with Crippen molar-refractivity contribution in [3.63, 3.8) is 0 Å². The third-order valence-corrected chi connectivity index (χ3v) is 12.8. The van der Waals surface area contributed by atoms with Gasteiger partial charge >= 0.3 is 11.9 Å². The van der Waals surface area contributed by atoms with E-state index in [9.17, 15) is 14.7 Å². The van der Waals surface area contributed by atoms with Gasteiger partial charge in [0, 0.05) is 12.8 Å². The van der Waals surface area contributed by atoms with Crippen LogP contribution in [0.5, 0.6) is 0 Å². The Hall–Kier alpha value is -3.70. The molecule has 0 saturated heterocycles. The van der Waals surface area contributed by atoms with Gasteiger partial charge in [-0.15, -0.1) is 0 Å². The molecule has 5 heteroatoms. The van der Waals surface area contributed by atoms with Gasteiger partial charge in [0.2, 0.25) is 0 Å². The Morgan fingerprint density at radius 2 is 0.597 bits per heavy atom. The minimum Gasteiger partial charge on any atom is -0.462 e. The first-order valence-corrected chi connectivity index (χ1v) is 30.1. The van der Waals surface area contributed by atoms with Crippen LogP contribution in [0.2, 0.25) is 0 Å². The normalized spacial score (nSPS) is 13.1. The highest BCUT2D eigenvalue weighted by molar-refractivity contribution is 5.70. The largest absolute Gasteiger partial charge is 0.462 e. The Kier molecular flexibility index (Phi) is 58.4. The lowest BCUT2D eigenvalue weighted by atomic mass is 10.0. The van der Waals surface area contributed by atoms with E-state index in [0.29, 0.717) is 12.8 Å². The third kappa shape index (κ3) is 58.9. The minimum absolute atomic E-state index is 0.0803. The molecule has 5 nitrogen and oxygen atoms in total. The highest BCUT2D eigenvalue weighted by Crippen LogP contribution is 2.16. The molecule has 1 N–H and O–H groups in total. The second kappa shape index (κ2) is 61.6. The van der Waals surface area contributed by atoms with Crippen molar-refractivity contribution >= 4 is 11.9 Å². The van der Waals surface area contributed by atoms with E-state index in [2.05, 4.69) is 135 Å². The maximum absolute atomic E-state index is 12.3. The van der Waals surface area contributed by atoms with Crippen LogP contribution < -0.4 is 0 Å². The lowest BCUT2D eigenvalue weighted by Gasteiger charge is -2.15. The summed E-state index contributed by atoms with van der Waals surface area (Å²) < 4.78 is 10.7. The molecule has 0 radical (unpaired) electrons. The minimum atomic E-state index is -0.793. The summed E-state index contributed by atoms with van der Waals surface area (Å²) in [6.07, 6.45) is 90.3. The molecule has 1 unspecified atom stereocenters. The van der Waals surface area contributed by atoms with Gasteiger partial charge in [-0.3, -0.25) is 9.59 Å². The fourth-order valence-electron chi connectivity index (χ4n) is 8.29. The Bertz CT molecular complexity index is 1450. The van der Waals surface area contributed by atoms with Crippen molar-refractivity contribution in [1.82, 2.24) is 0 Å². The number of carbonyl (C=O) groups excluding carboxylic acids is 2. The van der Waals surface area contributed by atoms with Crippen LogP contribution in [0.25, 0.3) is 0 Å². The average molecular weight is 998 g/mol. The van der Waals surface area contributed by atoms with Crippen molar-refractivity contribution in [2.75, 3.05) is 13.2 Å². The van der Waals surface area contributed by atoms with Crippen LogP contribution in [0, 0.1) is 0 Å². The predicted octanol–water partition coefficient (Wildman–Crippen LogP) is 20.6. The fourth-order valence-corrected chi connectivity index (χ4v) is 8.29. The van der Waals surface area contributed by atoms with Crippen molar-refractivity contribution in [2.24, 2.45) is 0 Å². The first kappa shape index (κ1) is 68.3. The summed E-state index contributed by atoms with van der Waals surface area (Å²) >= 11 is 0. The molecule has 72 heavy (non-hydrogen) atoms. The topological polar surface area (TPSA) is 72.8 Å². The number of carbonyl (C=O) groups is 2. The molecule has 0 saturated carbocycles. The number of hydrogen-bond donors (Lipinski definition) is 1. The van der Waals surface area contributed by atoms with E-state index in [4.69, 9.17) is 9.47 Å². The molecule has 0 aromatic heterocycles. The maximum Gasteiger partial charge on any atom is 0.306 e. The summed E-state index contributed by atoms with van der Waals surface area (Å²) in [5.41, 5.74) is 0. The number of rotatable bonds is 54. The molecule has 0 heterocycles. The summed E-state index contributed by atoms with van der Waals surface area (Å²) in [5.74, 6) is -0.618. The zero-order valence-corrected chi connectivity index (χ0v) is 46.9. The summed E-state index contributed by atoms with van der Waals surface area (Å²) in [5, 5.41) is 9.66. The summed E-state index contributed by atoms with van der Waals surface area (Å²) in [6.45, 7) is 4.03. The molecule has 0 aromatic rings. The second-order valence-electron chi connectivity index (χ2n) is 19.7. The molecule has 0 fully saturated rings. The van der Waals surface area contributed by atoms with Gasteiger partial charge < -0.3 is 14.6 Å². The highest BCUT2D eigenvalue weighted by Gasteiger charge is 2.16. The van der Waals surface area contributed by atoms with E-state index in [0.717, 1.165) is 116 Å². The van der Waals surface area contributed by atoms with Gasteiger partial charge in [-0.2, -0.15) is 0 Å². The quantitative estimate of drug-likeness (QED) is 0.0373. The standard InChI is InChI=1S/C67H112O5/c1-3-5-7-9-11-13-15-17-19-21-23-25-27-28-29-30-31-32-33-34-35-36-37-38-40-42-44-46-48-50-52-54-56-58-60-62-67(70)72-65(63-68)64-71-66(69)61-59-57-55-53-51-49-47-45-43-41-39-26-24-22-20-18-16-14-12-10-8-6-4-2/h5,7,11,13,17,19,23,25,28-29,31-32,34-35,37-38,42,44,48,50,65,68H,3-4,6,8-10,12,14-16,18,20-22,24,26-27,30,33,36,39-41,43,45-47,49,51-64H2,1-2H3/b7-5-,13-11-,19-17-,25-23-,29-28-,32-31-,35-34-,38-37-,44-42-,50-48-. The van der Waals surface area contributed by atoms with Gasteiger partial charge in [0.25, 0.3) is 0 Å². The summed E-state index contributed by atoms with van der Waals surface area (Å²) in [6, 6.07) is 0. The Labute approximate surface area is 445 Å². The molecule has 0 aliphatic rings. The first-order chi connectivity index (χ1) is 35.6.